The van der Waals surface area contributed by atoms with E-state index < -0.39 is 12.4 Å². The maximum absolute atomic E-state index is 13.2. The predicted molar refractivity (Wildman–Crippen MR) is 92.3 cm³/mol. The number of hydrogen-bond donors (Lipinski definition) is 1. The number of carbonyl (C=O) groups is 1. The van der Waals surface area contributed by atoms with Crippen molar-refractivity contribution in [2.45, 2.75) is 6.61 Å². The Morgan fingerprint density at radius 1 is 1.00 bits per heavy atom. The molecule has 3 nitrogen and oxygen atoms in total. The lowest BCUT2D eigenvalue weighted by molar-refractivity contribution is 0.103. The molecule has 0 saturated heterocycles. The Labute approximate surface area is 144 Å². The average Bonchev–Trinajstić information content (AvgIpc) is 2.67. The number of nitriles is 1. The van der Waals surface area contributed by atoms with Crippen molar-refractivity contribution in [1.29, 1.82) is 5.26 Å². The van der Waals surface area contributed by atoms with E-state index in [4.69, 9.17) is 0 Å². The molecule has 0 aliphatic carbocycles. The van der Waals surface area contributed by atoms with Gasteiger partial charge in [0.05, 0.1) is 18.2 Å². The van der Waals surface area contributed by atoms with Crippen LogP contribution in [-0.2, 0) is 6.61 Å². The van der Waals surface area contributed by atoms with Gasteiger partial charge in [0.1, 0.15) is 5.82 Å². The van der Waals surface area contributed by atoms with E-state index in [9.17, 15) is 19.6 Å². The van der Waals surface area contributed by atoms with Crippen molar-refractivity contribution in [3.05, 3.63) is 94.8 Å². The fraction of sp³-hybridized carbons (Fsp3) is 0.0476. The summed E-state index contributed by atoms with van der Waals surface area (Å²) in [5.41, 5.74) is 2.52. The smallest absolute Gasteiger partial charge is 0.193 e. The molecule has 0 bridgehead atoms. The van der Waals surface area contributed by atoms with Crippen LogP contribution < -0.4 is 0 Å². The first kappa shape index (κ1) is 16.6. The maximum Gasteiger partial charge on any atom is 0.193 e. The lowest BCUT2D eigenvalue weighted by Gasteiger charge is -2.14. The number of benzene rings is 3. The normalized spacial score (nSPS) is 10.3. The lowest BCUT2D eigenvalue weighted by atomic mass is 9.88. The molecule has 4 heteroatoms. The highest BCUT2D eigenvalue weighted by Crippen LogP contribution is 2.31. The van der Waals surface area contributed by atoms with Gasteiger partial charge in [-0.25, -0.2) is 4.39 Å². The van der Waals surface area contributed by atoms with Gasteiger partial charge < -0.3 is 5.11 Å². The van der Waals surface area contributed by atoms with Crippen molar-refractivity contribution in [2.24, 2.45) is 0 Å². The van der Waals surface area contributed by atoms with Crippen LogP contribution >= 0.6 is 0 Å². The summed E-state index contributed by atoms with van der Waals surface area (Å²) in [4.78, 5) is 12.8. The summed E-state index contributed by atoms with van der Waals surface area (Å²) in [5, 5.41) is 19.3. The van der Waals surface area contributed by atoms with Crippen LogP contribution in [0.15, 0.2) is 66.7 Å². The molecule has 0 saturated carbocycles. The van der Waals surface area contributed by atoms with Crippen molar-refractivity contribution in [3.8, 4) is 17.2 Å². The molecule has 0 fully saturated rings. The van der Waals surface area contributed by atoms with Crippen LogP contribution in [0, 0.1) is 17.1 Å². The van der Waals surface area contributed by atoms with E-state index in [-0.39, 0.29) is 5.78 Å². The zero-order valence-electron chi connectivity index (χ0n) is 13.2. The van der Waals surface area contributed by atoms with Gasteiger partial charge in [0, 0.05) is 16.7 Å². The van der Waals surface area contributed by atoms with Crippen molar-refractivity contribution < 1.29 is 14.3 Å². The van der Waals surface area contributed by atoms with Crippen molar-refractivity contribution >= 4 is 5.78 Å². The van der Waals surface area contributed by atoms with Crippen LogP contribution in [0.5, 0.6) is 0 Å². The van der Waals surface area contributed by atoms with Gasteiger partial charge in [-0.2, -0.15) is 5.26 Å². The quantitative estimate of drug-likeness (QED) is 0.733. The molecule has 25 heavy (non-hydrogen) atoms. The van der Waals surface area contributed by atoms with E-state index in [1.54, 1.807) is 36.4 Å². The van der Waals surface area contributed by atoms with Crippen LogP contribution in [0.4, 0.5) is 4.39 Å². The van der Waals surface area contributed by atoms with Crippen LogP contribution in [0.2, 0.25) is 0 Å². The third-order valence-electron chi connectivity index (χ3n) is 4.00. The third kappa shape index (κ3) is 3.18. The molecule has 0 aromatic heterocycles. The highest BCUT2D eigenvalue weighted by atomic mass is 19.1. The van der Waals surface area contributed by atoms with Gasteiger partial charge in [0.25, 0.3) is 0 Å². The SMILES string of the molecule is N#Cc1ccc(C(=O)c2ccccc2)c(CO)c1-c1ccc(F)cc1. The molecule has 0 atom stereocenters. The van der Waals surface area contributed by atoms with Gasteiger partial charge in [-0.05, 0) is 35.4 Å². The molecule has 0 radical (unpaired) electrons. The third-order valence-corrected chi connectivity index (χ3v) is 4.00. The van der Waals surface area contributed by atoms with Crippen molar-refractivity contribution in [1.82, 2.24) is 0 Å². The van der Waals surface area contributed by atoms with Crippen LogP contribution in [-0.4, -0.2) is 10.9 Å². The van der Waals surface area contributed by atoms with Gasteiger partial charge in [-0.3, -0.25) is 4.79 Å². The van der Waals surface area contributed by atoms with Crippen LogP contribution in [0.3, 0.4) is 0 Å². The second-order valence-corrected chi connectivity index (χ2v) is 5.49. The molecule has 0 spiro atoms. The summed E-state index contributed by atoms with van der Waals surface area (Å²) < 4.78 is 13.2. The van der Waals surface area contributed by atoms with E-state index >= 15 is 0 Å². The molecule has 122 valence electrons. The van der Waals surface area contributed by atoms with Gasteiger partial charge in [-0.1, -0.05) is 42.5 Å². The first-order valence-electron chi connectivity index (χ1n) is 7.68. The molecule has 0 aliphatic rings. The largest absolute Gasteiger partial charge is 0.392 e. The molecule has 0 unspecified atom stereocenters. The minimum Gasteiger partial charge on any atom is -0.392 e. The van der Waals surface area contributed by atoms with Crippen LogP contribution in [0.1, 0.15) is 27.0 Å². The fourth-order valence-electron chi connectivity index (χ4n) is 2.81. The Hall–Kier alpha value is -3.29. The Bertz CT molecular complexity index is 958. The second kappa shape index (κ2) is 7.08. The summed E-state index contributed by atoms with van der Waals surface area (Å²) >= 11 is 0. The number of ketones is 1. The standard InChI is InChI=1S/C21H14FNO2/c22-17-9-6-14(7-10-17)20-16(12-23)8-11-18(19(20)13-24)21(25)15-4-2-1-3-5-15/h1-11,24H,13H2. The predicted octanol–water partition coefficient (Wildman–Crippen LogP) is 4.09. The molecular weight excluding hydrogens is 317 g/mol. The molecule has 3 rings (SSSR count). The van der Waals surface area contributed by atoms with Gasteiger partial charge >= 0.3 is 0 Å². The number of halogens is 1. The van der Waals surface area contributed by atoms with E-state index in [0.717, 1.165) is 0 Å². The van der Waals surface area contributed by atoms with Gasteiger partial charge in [-0.15, -0.1) is 0 Å². The number of hydrogen-bond acceptors (Lipinski definition) is 3. The Morgan fingerprint density at radius 2 is 1.68 bits per heavy atom. The minimum absolute atomic E-state index is 0.238. The topological polar surface area (TPSA) is 61.1 Å². The molecule has 3 aromatic rings. The fourth-order valence-corrected chi connectivity index (χ4v) is 2.81. The number of aliphatic hydroxyl groups excluding tert-OH is 1. The molecule has 0 amide bonds. The van der Waals surface area contributed by atoms with Gasteiger partial charge in [0.15, 0.2) is 5.78 Å². The summed E-state index contributed by atoms with van der Waals surface area (Å²) in [5.74, 6) is -0.637. The zero-order chi connectivity index (χ0) is 17.8. The maximum atomic E-state index is 13.2. The summed E-state index contributed by atoms with van der Waals surface area (Å²) in [6.45, 7) is -0.407. The highest BCUT2D eigenvalue weighted by molar-refractivity contribution is 6.11. The lowest BCUT2D eigenvalue weighted by Crippen LogP contribution is -2.08. The molecule has 3 aromatic carbocycles. The van der Waals surface area contributed by atoms with Crippen LogP contribution in [0.25, 0.3) is 11.1 Å². The Balaban J connectivity index is 2.22. The average molecular weight is 331 g/mol. The van der Waals surface area contributed by atoms with Crippen molar-refractivity contribution in [2.75, 3.05) is 0 Å². The number of nitrogens with zero attached hydrogens (tertiary/aromatic N) is 1. The zero-order valence-corrected chi connectivity index (χ0v) is 13.2. The second-order valence-electron chi connectivity index (χ2n) is 5.49. The van der Waals surface area contributed by atoms with Crippen molar-refractivity contribution in [3.63, 3.8) is 0 Å². The summed E-state index contributed by atoms with van der Waals surface area (Å²) in [6, 6.07) is 19.5. The van der Waals surface area contributed by atoms with Gasteiger partial charge in [0.2, 0.25) is 0 Å². The first-order valence-corrected chi connectivity index (χ1v) is 7.68. The molecular formula is C21H14FNO2. The van der Waals surface area contributed by atoms with E-state index in [0.29, 0.717) is 33.4 Å². The number of rotatable bonds is 4. The summed E-state index contributed by atoms with van der Waals surface area (Å²) in [6.07, 6.45) is 0. The van der Waals surface area contributed by atoms with E-state index in [2.05, 4.69) is 6.07 Å². The number of carbonyl (C=O) groups excluding carboxylic acids is 1. The first-order chi connectivity index (χ1) is 12.2. The molecule has 0 heterocycles. The minimum atomic E-state index is -0.407. The Kier molecular flexibility index (Phi) is 4.69. The molecule has 1 N–H and O–H groups in total. The highest BCUT2D eigenvalue weighted by Gasteiger charge is 2.20. The monoisotopic (exact) mass is 331 g/mol. The molecule has 0 aliphatic heterocycles. The Morgan fingerprint density at radius 3 is 2.28 bits per heavy atom. The summed E-state index contributed by atoms with van der Waals surface area (Å²) in [7, 11) is 0. The van der Waals surface area contributed by atoms with E-state index in [1.807, 2.05) is 6.07 Å². The number of aliphatic hydroxyl groups is 1. The van der Waals surface area contributed by atoms with E-state index in [1.165, 1.54) is 24.3 Å².